The number of nitrogens with zero attached hydrogens (tertiary/aromatic N) is 3. The fourth-order valence-electron chi connectivity index (χ4n) is 4.23. The standard InChI is InChI=1S/C22H21N3O2/c1-27-18-10-4-9-17(15-18)21-23-13-6-14-24(23)22(26)25(21)20-12-5-8-16-7-2-3-11-19(16)20/h2-5,7-12,15,21H,6,13-14H2,1H3. The summed E-state index contributed by atoms with van der Waals surface area (Å²) in [6.45, 7) is 1.63. The van der Waals surface area contributed by atoms with Crippen LogP contribution in [-0.2, 0) is 0 Å². The molecule has 0 aromatic heterocycles. The predicted molar refractivity (Wildman–Crippen MR) is 106 cm³/mol. The van der Waals surface area contributed by atoms with Gasteiger partial charge in [0, 0.05) is 18.5 Å². The van der Waals surface area contributed by atoms with E-state index in [0.29, 0.717) is 0 Å². The van der Waals surface area contributed by atoms with Crippen LogP contribution in [0.5, 0.6) is 5.75 Å². The van der Waals surface area contributed by atoms with Gasteiger partial charge in [0.2, 0.25) is 0 Å². The molecule has 2 aliphatic heterocycles. The van der Waals surface area contributed by atoms with Gasteiger partial charge in [0.05, 0.1) is 12.8 Å². The van der Waals surface area contributed by atoms with Gasteiger partial charge in [0.25, 0.3) is 0 Å². The van der Waals surface area contributed by atoms with Gasteiger partial charge in [-0.2, -0.15) is 5.01 Å². The third-order valence-corrected chi connectivity index (χ3v) is 5.44. The number of rotatable bonds is 3. The molecule has 5 nitrogen and oxygen atoms in total. The van der Waals surface area contributed by atoms with E-state index in [2.05, 4.69) is 29.3 Å². The molecule has 0 aliphatic carbocycles. The van der Waals surface area contributed by atoms with Crippen molar-refractivity contribution in [1.82, 2.24) is 10.0 Å². The number of methoxy groups -OCH3 is 1. The zero-order valence-electron chi connectivity index (χ0n) is 15.2. The number of urea groups is 1. The normalized spacial score (nSPS) is 19.7. The highest BCUT2D eigenvalue weighted by Gasteiger charge is 2.48. The van der Waals surface area contributed by atoms with Crippen molar-refractivity contribution >= 4 is 22.5 Å². The van der Waals surface area contributed by atoms with Crippen LogP contribution < -0.4 is 9.64 Å². The molecule has 5 rings (SSSR count). The van der Waals surface area contributed by atoms with Crippen LogP contribution in [-0.4, -0.2) is 36.2 Å². The summed E-state index contributed by atoms with van der Waals surface area (Å²) >= 11 is 0. The molecule has 2 fully saturated rings. The summed E-state index contributed by atoms with van der Waals surface area (Å²) in [6, 6.07) is 22.4. The molecule has 2 aliphatic rings. The summed E-state index contributed by atoms with van der Waals surface area (Å²) in [7, 11) is 1.67. The van der Waals surface area contributed by atoms with Crippen LogP contribution in [0.15, 0.2) is 66.7 Å². The summed E-state index contributed by atoms with van der Waals surface area (Å²) in [5, 5.41) is 6.28. The number of fused-ring (bicyclic) bond motifs is 2. The minimum atomic E-state index is -0.166. The summed E-state index contributed by atoms with van der Waals surface area (Å²) in [5.41, 5.74) is 2.00. The second-order valence-electron chi connectivity index (χ2n) is 6.94. The van der Waals surface area contributed by atoms with Crippen LogP contribution in [0, 0.1) is 0 Å². The third-order valence-electron chi connectivity index (χ3n) is 5.44. The Balaban J connectivity index is 1.69. The minimum Gasteiger partial charge on any atom is -0.497 e. The molecule has 27 heavy (non-hydrogen) atoms. The van der Waals surface area contributed by atoms with Gasteiger partial charge in [-0.25, -0.2) is 4.79 Å². The van der Waals surface area contributed by atoms with E-state index in [1.807, 2.05) is 52.4 Å². The van der Waals surface area contributed by atoms with Gasteiger partial charge >= 0.3 is 6.03 Å². The highest BCUT2D eigenvalue weighted by atomic mass is 16.5. The zero-order valence-corrected chi connectivity index (χ0v) is 15.2. The largest absolute Gasteiger partial charge is 0.497 e. The Morgan fingerprint density at radius 3 is 2.67 bits per heavy atom. The monoisotopic (exact) mass is 359 g/mol. The third kappa shape index (κ3) is 2.46. The molecule has 0 bridgehead atoms. The van der Waals surface area contributed by atoms with Crippen LogP contribution in [0.2, 0.25) is 0 Å². The summed E-state index contributed by atoms with van der Waals surface area (Å²) in [5.74, 6) is 0.801. The average Bonchev–Trinajstić information content (AvgIpc) is 3.30. The van der Waals surface area contributed by atoms with Gasteiger partial charge in [0.1, 0.15) is 11.9 Å². The summed E-state index contributed by atoms with van der Waals surface area (Å²) < 4.78 is 5.43. The molecule has 136 valence electrons. The quantitative estimate of drug-likeness (QED) is 0.695. The van der Waals surface area contributed by atoms with Crippen LogP contribution in [0.1, 0.15) is 18.2 Å². The molecule has 5 heteroatoms. The maximum atomic E-state index is 13.3. The lowest BCUT2D eigenvalue weighted by molar-refractivity contribution is 0.0727. The molecule has 0 saturated carbocycles. The lowest BCUT2D eigenvalue weighted by Gasteiger charge is -2.29. The predicted octanol–water partition coefficient (Wildman–Crippen LogP) is 4.41. The van der Waals surface area contributed by atoms with Crippen LogP contribution in [0.3, 0.4) is 0 Å². The van der Waals surface area contributed by atoms with E-state index in [4.69, 9.17) is 4.74 Å². The molecular formula is C22H21N3O2. The Morgan fingerprint density at radius 1 is 0.963 bits per heavy atom. The molecule has 2 saturated heterocycles. The smallest absolute Gasteiger partial charge is 0.340 e. The van der Waals surface area contributed by atoms with Crippen molar-refractivity contribution in [2.24, 2.45) is 0 Å². The number of benzene rings is 3. The van der Waals surface area contributed by atoms with E-state index >= 15 is 0 Å². The molecule has 3 aromatic carbocycles. The molecule has 0 spiro atoms. The van der Waals surface area contributed by atoms with Crippen molar-refractivity contribution in [2.45, 2.75) is 12.6 Å². The van der Waals surface area contributed by atoms with Crippen LogP contribution in [0.25, 0.3) is 10.8 Å². The van der Waals surface area contributed by atoms with Crippen LogP contribution in [0.4, 0.5) is 10.5 Å². The Hall–Kier alpha value is -3.05. The highest BCUT2D eigenvalue weighted by Crippen LogP contribution is 2.43. The van der Waals surface area contributed by atoms with Crippen molar-refractivity contribution in [3.05, 3.63) is 72.3 Å². The van der Waals surface area contributed by atoms with Gasteiger partial charge < -0.3 is 4.74 Å². The lowest BCUT2D eigenvalue weighted by Crippen LogP contribution is -2.32. The molecule has 1 unspecified atom stereocenters. The van der Waals surface area contributed by atoms with E-state index in [0.717, 1.165) is 47.3 Å². The Bertz CT molecular complexity index is 1010. The summed E-state index contributed by atoms with van der Waals surface area (Å²) in [6.07, 6.45) is 0.830. The number of hydrazine groups is 1. The van der Waals surface area contributed by atoms with E-state index in [1.165, 1.54) is 0 Å². The van der Waals surface area contributed by atoms with E-state index in [-0.39, 0.29) is 12.2 Å². The fraction of sp³-hybridized carbons (Fsp3) is 0.227. The number of amides is 2. The van der Waals surface area contributed by atoms with E-state index in [9.17, 15) is 4.79 Å². The highest BCUT2D eigenvalue weighted by molar-refractivity contribution is 6.04. The number of carbonyl (C=O) groups excluding carboxylic acids is 1. The number of hydrogen-bond donors (Lipinski definition) is 0. The average molecular weight is 359 g/mol. The van der Waals surface area contributed by atoms with Gasteiger partial charge in [-0.3, -0.25) is 9.91 Å². The van der Waals surface area contributed by atoms with E-state index in [1.54, 1.807) is 7.11 Å². The summed E-state index contributed by atoms with van der Waals surface area (Å²) in [4.78, 5) is 15.3. The van der Waals surface area contributed by atoms with Gasteiger partial charge in [0.15, 0.2) is 0 Å². The first-order valence-electron chi connectivity index (χ1n) is 9.27. The second-order valence-corrected chi connectivity index (χ2v) is 6.94. The Morgan fingerprint density at radius 2 is 1.78 bits per heavy atom. The maximum absolute atomic E-state index is 13.3. The first-order valence-corrected chi connectivity index (χ1v) is 9.27. The van der Waals surface area contributed by atoms with E-state index < -0.39 is 0 Å². The fourth-order valence-corrected chi connectivity index (χ4v) is 4.23. The van der Waals surface area contributed by atoms with Gasteiger partial charge in [-0.15, -0.1) is 0 Å². The topological polar surface area (TPSA) is 36.0 Å². The van der Waals surface area contributed by atoms with Gasteiger partial charge in [-0.05, 0) is 35.6 Å². The molecule has 0 N–H and O–H groups in total. The molecule has 3 aromatic rings. The Labute approximate surface area is 158 Å². The van der Waals surface area contributed by atoms with Crippen LogP contribution >= 0.6 is 0 Å². The first-order chi connectivity index (χ1) is 13.3. The number of ether oxygens (including phenoxy) is 1. The van der Waals surface area contributed by atoms with Crippen molar-refractivity contribution in [3.63, 3.8) is 0 Å². The van der Waals surface area contributed by atoms with Crippen molar-refractivity contribution in [3.8, 4) is 5.75 Å². The molecule has 2 heterocycles. The number of anilines is 1. The van der Waals surface area contributed by atoms with Crippen molar-refractivity contribution < 1.29 is 9.53 Å². The molecular weight excluding hydrogens is 338 g/mol. The molecule has 2 amide bonds. The van der Waals surface area contributed by atoms with Crippen molar-refractivity contribution in [1.29, 1.82) is 0 Å². The Kier molecular flexibility index (Phi) is 3.76. The zero-order chi connectivity index (χ0) is 18.4. The first kappa shape index (κ1) is 16.1. The number of carbonyl (C=O) groups is 1. The lowest BCUT2D eigenvalue weighted by atomic mass is 10.1. The van der Waals surface area contributed by atoms with Gasteiger partial charge in [-0.1, -0.05) is 48.5 Å². The minimum absolute atomic E-state index is 0.0386. The molecule has 0 radical (unpaired) electrons. The number of hydrogen-bond acceptors (Lipinski definition) is 3. The maximum Gasteiger partial charge on any atom is 0.340 e. The molecule has 1 atom stereocenters. The van der Waals surface area contributed by atoms with Crippen molar-refractivity contribution in [2.75, 3.05) is 25.1 Å². The second kappa shape index (κ2) is 6.28. The SMILES string of the molecule is COc1cccc(C2N(c3cccc4ccccc34)C(=O)N3CCCN23)c1.